The average molecular weight is 418 g/mol. The van der Waals surface area contributed by atoms with E-state index in [0.29, 0.717) is 18.7 Å². The van der Waals surface area contributed by atoms with Gasteiger partial charge in [-0.1, -0.05) is 12.0 Å². The Kier molecular flexibility index (Phi) is 6.51. The molecule has 1 saturated heterocycles. The third-order valence-electron chi connectivity index (χ3n) is 5.46. The summed E-state index contributed by atoms with van der Waals surface area (Å²) in [7, 11) is 1.57. The van der Waals surface area contributed by atoms with E-state index in [0.717, 1.165) is 42.9 Å². The maximum Gasteiger partial charge on any atom is 0.338 e. The van der Waals surface area contributed by atoms with Gasteiger partial charge in [0.25, 0.3) is 0 Å². The predicted octanol–water partition coefficient (Wildman–Crippen LogP) is 2.58. The Hall–Kier alpha value is -3.34. The van der Waals surface area contributed by atoms with Crippen molar-refractivity contribution in [3.8, 4) is 18.0 Å². The molecule has 31 heavy (non-hydrogen) atoms. The molecule has 0 amide bonds. The van der Waals surface area contributed by atoms with Gasteiger partial charge < -0.3 is 14.4 Å². The molecule has 0 aliphatic carbocycles. The van der Waals surface area contributed by atoms with Gasteiger partial charge in [0.15, 0.2) is 0 Å². The summed E-state index contributed by atoms with van der Waals surface area (Å²) < 4.78 is 12.1. The molecule has 4 rings (SSSR count). The average Bonchev–Trinajstić information content (AvgIpc) is 3.23. The van der Waals surface area contributed by atoms with E-state index >= 15 is 0 Å². The third kappa shape index (κ3) is 4.71. The molecule has 0 radical (unpaired) electrons. The maximum atomic E-state index is 12.2. The molecule has 1 aliphatic rings. The fourth-order valence-electron chi connectivity index (χ4n) is 3.78. The van der Waals surface area contributed by atoms with Crippen molar-refractivity contribution < 1.29 is 14.3 Å². The van der Waals surface area contributed by atoms with Gasteiger partial charge in [-0.2, -0.15) is 0 Å². The Morgan fingerprint density at radius 2 is 1.90 bits per heavy atom. The van der Waals surface area contributed by atoms with Gasteiger partial charge in [-0.05, 0) is 36.4 Å². The van der Waals surface area contributed by atoms with Crippen LogP contribution in [0.2, 0.25) is 0 Å². The number of nitrogens with zero attached hydrogens (tertiary/aromatic N) is 4. The minimum absolute atomic E-state index is 0.228. The van der Waals surface area contributed by atoms with Crippen LogP contribution in [0.4, 0.5) is 5.69 Å². The first kappa shape index (κ1) is 20.9. The Morgan fingerprint density at radius 1 is 1.10 bits per heavy atom. The Bertz CT molecular complexity index is 1090. The van der Waals surface area contributed by atoms with Gasteiger partial charge in [0.05, 0.1) is 29.7 Å². The lowest BCUT2D eigenvalue weighted by molar-refractivity contribution is 0.0388. The molecule has 0 saturated carbocycles. The molecule has 0 atom stereocenters. The van der Waals surface area contributed by atoms with Crippen molar-refractivity contribution in [2.45, 2.75) is 0 Å². The number of aromatic nitrogens is 2. The largest absolute Gasteiger partial charge is 0.460 e. The molecule has 1 aliphatic heterocycles. The summed E-state index contributed by atoms with van der Waals surface area (Å²) in [6.07, 6.45) is 7.22. The number of hydrogen-bond acceptors (Lipinski definition) is 6. The minimum Gasteiger partial charge on any atom is -0.460 e. The van der Waals surface area contributed by atoms with Gasteiger partial charge in [-0.25, -0.2) is 9.78 Å². The second-order valence-corrected chi connectivity index (χ2v) is 7.43. The van der Waals surface area contributed by atoms with Crippen LogP contribution in [-0.2, 0) is 9.47 Å². The number of carbonyl (C=O) groups is 1. The second kappa shape index (κ2) is 9.65. The molecule has 2 heterocycles. The summed E-state index contributed by atoms with van der Waals surface area (Å²) in [5.74, 6) is 2.35. The number of methoxy groups -OCH3 is 1. The number of fused-ring (bicyclic) bond motifs is 1. The van der Waals surface area contributed by atoms with Crippen LogP contribution in [0.25, 0.3) is 16.7 Å². The molecule has 0 N–H and O–H groups in total. The summed E-state index contributed by atoms with van der Waals surface area (Å²) in [6, 6.07) is 13.9. The molecule has 3 aromatic rings. The first-order valence-electron chi connectivity index (χ1n) is 10.3. The molecular formula is C24H26N4O3. The van der Waals surface area contributed by atoms with Crippen molar-refractivity contribution in [2.75, 3.05) is 57.9 Å². The van der Waals surface area contributed by atoms with Crippen LogP contribution in [0, 0.1) is 12.3 Å². The first-order chi connectivity index (χ1) is 15.2. The zero-order valence-corrected chi connectivity index (χ0v) is 17.7. The second-order valence-electron chi connectivity index (χ2n) is 7.43. The normalized spacial score (nSPS) is 14.5. The van der Waals surface area contributed by atoms with Crippen molar-refractivity contribution in [2.24, 2.45) is 0 Å². The number of piperazine rings is 1. The zero-order valence-electron chi connectivity index (χ0n) is 17.7. The van der Waals surface area contributed by atoms with Gasteiger partial charge in [0.2, 0.25) is 0 Å². The van der Waals surface area contributed by atoms with E-state index in [1.165, 1.54) is 5.69 Å². The number of rotatable bonds is 7. The standard InChI is InChI=1S/C24H26N4O3/c1-3-9-26-10-12-27(13-11-26)20-5-4-6-21(17-20)28-18-25-22-16-19(7-8-23(22)28)24(29)31-15-14-30-2/h1,4-8,16-18H,9-15H2,2H3. The molecule has 2 aromatic carbocycles. The van der Waals surface area contributed by atoms with Gasteiger partial charge in [0, 0.05) is 44.7 Å². The van der Waals surface area contributed by atoms with Gasteiger partial charge in [0.1, 0.15) is 12.9 Å². The van der Waals surface area contributed by atoms with Gasteiger partial charge in [-0.3, -0.25) is 9.47 Å². The first-order valence-corrected chi connectivity index (χ1v) is 10.3. The van der Waals surface area contributed by atoms with E-state index in [-0.39, 0.29) is 12.6 Å². The van der Waals surface area contributed by atoms with Crippen LogP contribution in [0.1, 0.15) is 10.4 Å². The highest BCUT2D eigenvalue weighted by Gasteiger charge is 2.17. The molecule has 7 heteroatoms. The van der Waals surface area contributed by atoms with Crippen molar-refractivity contribution in [3.05, 3.63) is 54.4 Å². The van der Waals surface area contributed by atoms with Crippen LogP contribution in [-0.4, -0.2) is 73.5 Å². The Labute approximate surface area is 182 Å². The summed E-state index contributed by atoms with van der Waals surface area (Å²) >= 11 is 0. The fourth-order valence-corrected chi connectivity index (χ4v) is 3.78. The lowest BCUT2D eigenvalue weighted by Gasteiger charge is -2.35. The molecule has 1 fully saturated rings. The number of imidazole rings is 1. The highest BCUT2D eigenvalue weighted by molar-refractivity contribution is 5.94. The van der Waals surface area contributed by atoms with Crippen molar-refractivity contribution in [1.29, 1.82) is 0 Å². The highest BCUT2D eigenvalue weighted by atomic mass is 16.6. The number of terminal acetylenes is 1. The number of hydrogen-bond donors (Lipinski definition) is 0. The Balaban J connectivity index is 1.52. The smallest absolute Gasteiger partial charge is 0.338 e. The van der Waals surface area contributed by atoms with Crippen LogP contribution < -0.4 is 4.90 Å². The van der Waals surface area contributed by atoms with Gasteiger partial charge >= 0.3 is 5.97 Å². The van der Waals surface area contributed by atoms with Crippen LogP contribution >= 0.6 is 0 Å². The molecule has 0 bridgehead atoms. The van der Waals surface area contributed by atoms with Crippen molar-refractivity contribution >= 4 is 22.7 Å². The topological polar surface area (TPSA) is 59.8 Å². The van der Waals surface area contributed by atoms with E-state index in [4.69, 9.17) is 15.9 Å². The third-order valence-corrected chi connectivity index (χ3v) is 5.46. The predicted molar refractivity (Wildman–Crippen MR) is 121 cm³/mol. The maximum absolute atomic E-state index is 12.2. The van der Waals surface area contributed by atoms with E-state index in [1.807, 2.05) is 10.6 Å². The molecule has 0 unspecified atom stereocenters. The van der Waals surface area contributed by atoms with Crippen molar-refractivity contribution in [3.63, 3.8) is 0 Å². The summed E-state index contributed by atoms with van der Waals surface area (Å²) in [6.45, 7) is 5.13. The number of esters is 1. The number of benzene rings is 2. The molecular weight excluding hydrogens is 392 g/mol. The van der Waals surface area contributed by atoms with E-state index in [1.54, 1.807) is 25.6 Å². The minimum atomic E-state index is -0.375. The quantitative estimate of drug-likeness (QED) is 0.334. The summed E-state index contributed by atoms with van der Waals surface area (Å²) in [5, 5.41) is 0. The molecule has 160 valence electrons. The van der Waals surface area contributed by atoms with Crippen LogP contribution in [0.15, 0.2) is 48.8 Å². The van der Waals surface area contributed by atoms with E-state index in [2.05, 4.69) is 45.0 Å². The molecule has 7 nitrogen and oxygen atoms in total. The summed E-state index contributed by atoms with van der Waals surface area (Å²) in [5.41, 5.74) is 4.37. The summed E-state index contributed by atoms with van der Waals surface area (Å²) in [4.78, 5) is 21.4. The SMILES string of the molecule is C#CCN1CCN(c2cccc(-n3cnc4cc(C(=O)OCCOC)ccc43)c2)CC1. The Morgan fingerprint density at radius 3 is 2.68 bits per heavy atom. The fraction of sp³-hybridized carbons (Fsp3) is 0.333. The molecule has 0 spiro atoms. The number of carbonyl (C=O) groups excluding carboxylic acids is 1. The number of ether oxygens (including phenoxy) is 2. The lowest BCUT2D eigenvalue weighted by atomic mass is 10.2. The lowest BCUT2D eigenvalue weighted by Crippen LogP contribution is -2.46. The van der Waals surface area contributed by atoms with Crippen molar-refractivity contribution in [1.82, 2.24) is 14.5 Å². The monoisotopic (exact) mass is 418 g/mol. The van der Waals surface area contributed by atoms with Crippen LogP contribution in [0.3, 0.4) is 0 Å². The van der Waals surface area contributed by atoms with Crippen LogP contribution in [0.5, 0.6) is 0 Å². The van der Waals surface area contributed by atoms with E-state index in [9.17, 15) is 4.79 Å². The van der Waals surface area contributed by atoms with E-state index < -0.39 is 0 Å². The highest BCUT2D eigenvalue weighted by Crippen LogP contribution is 2.24. The number of anilines is 1. The molecule has 1 aromatic heterocycles. The zero-order chi connectivity index (χ0) is 21.6. The van der Waals surface area contributed by atoms with Gasteiger partial charge in [-0.15, -0.1) is 6.42 Å².